The molecule has 5 heteroatoms. The quantitative estimate of drug-likeness (QED) is 0.700. The first-order valence-electron chi connectivity index (χ1n) is 3.91. The number of aliphatic hydroxyl groups is 1. The summed E-state index contributed by atoms with van der Waals surface area (Å²) >= 11 is 5.71. The molecule has 0 fully saturated rings. The molecule has 2 rings (SSSR count). The lowest BCUT2D eigenvalue weighted by molar-refractivity contribution is -0.114. The maximum absolute atomic E-state index is 11.3. The predicted molar refractivity (Wildman–Crippen MR) is 50.4 cm³/mol. The first-order valence-corrected chi connectivity index (χ1v) is 4.29. The Morgan fingerprint density at radius 1 is 1.36 bits per heavy atom. The lowest BCUT2D eigenvalue weighted by atomic mass is 10.1. The van der Waals surface area contributed by atoms with Crippen molar-refractivity contribution in [1.82, 2.24) is 0 Å². The van der Waals surface area contributed by atoms with Gasteiger partial charge in [0.25, 0.3) is 5.78 Å². The van der Waals surface area contributed by atoms with Crippen LogP contribution in [0, 0.1) is 0 Å². The van der Waals surface area contributed by atoms with Crippen molar-refractivity contribution >= 4 is 29.0 Å². The van der Waals surface area contributed by atoms with Crippen LogP contribution >= 0.6 is 11.6 Å². The van der Waals surface area contributed by atoms with Gasteiger partial charge in [-0.15, -0.1) is 0 Å². The number of carbonyl (C=O) groups excluding carboxylic acids is 2. The minimum Gasteiger partial charge on any atom is -0.376 e. The number of hydrogen-bond acceptors (Lipinski definition) is 3. The van der Waals surface area contributed by atoms with E-state index in [0.29, 0.717) is 10.7 Å². The summed E-state index contributed by atoms with van der Waals surface area (Å²) in [7, 11) is 0. The van der Waals surface area contributed by atoms with Crippen LogP contribution in [0.1, 0.15) is 10.4 Å². The lowest BCUT2D eigenvalue weighted by Crippen LogP contribution is -2.30. The van der Waals surface area contributed by atoms with Gasteiger partial charge in [0, 0.05) is 5.02 Å². The van der Waals surface area contributed by atoms with Crippen molar-refractivity contribution < 1.29 is 14.7 Å². The van der Waals surface area contributed by atoms with E-state index in [4.69, 9.17) is 16.7 Å². The molecule has 1 heterocycles. The molecule has 1 amide bonds. The molecule has 0 unspecified atom stereocenters. The van der Waals surface area contributed by atoms with E-state index in [-0.39, 0.29) is 5.56 Å². The van der Waals surface area contributed by atoms with Crippen LogP contribution < -0.4 is 4.90 Å². The Kier molecular flexibility index (Phi) is 2.02. The van der Waals surface area contributed by atoms with Crippen molar-refractivity contribution in [3.05, 3.63) is 28.8 Å². The molecule has 1 aliphatic heterocycles. The maximum atomic E-state index is 11.3. The van der Waals surface area contributed by atoms with E-state index >= 15 is 0 Å². The fraction of sp³-hybridized carbons (Fsp3) is 0.111. The number of ketones is 1. The molecular weight excluding hydrogens is 206 g/mol. The molecule has 1 N–H and O–H groups in total. The van der Waals surface area contributed by atoms with E-state index in [9.17, 15) is 9.59 Å². The molecule has 4 nitrogen and oxygen atoms in total. The van der Waals surface area contributed by atoms with Crippen LogP contribution in [0.5, 0.6) is 0 Å². The summed E-state index contributed by atoms with van der Waals surface area (Å²) in [6.45, 7) is -0.516. The van der Waals surface area contributed by atoms with Gasteiger partial charge in [-0.25, -0.2) is 0 Å². The van der Waals surface area contributed by atoms with Crippen LogP contribution in [0.2, 0.25) is 5.02 Å². The third-order valence-corrected chi connectivity index (χ3v) is 2.31. The summed E-state index contributed by atoms with van der Waals surface area (Å²) in [6.07, 6.45) is 0. The first kappa shape index (κ1) is 9.18. The van der Waals surface area contributed by atoms with Crippen LogP contribution in [0.4, 0.5) is 5.69 Å². The van der Waals surface area contributed by atoms with E-state index in [1.807, 2.05) is 0 Å². The standard InChI is InChI=1S/C9H6ClNO3/c10-5-1-2-6-7(3-5)11(4-12)9(14)8(6)13/h1-3,12H,4H2. The Morgan fingerprint density at radius 2 is 2.07 bits per heavy atom. The van der Waals surface area contributed by atoms with Gasteiger partial charge in [0.2, 0.25) is 0 Å². The molecule has 14 heavy (non-hydrogen) atoms. The van der Waals surface area contributed by atoms with Gasteiger partial charge in [0.05, 0.1) is 11.3 Å². The Morgan fingerprint density at radius 3 is 2.71 bits per heavy atom. The molecule has 0 spiro atoms. The summed E-state index contributed by atoms with van der Waals surface area (Å²) in [5, 5.41) is 9.32. The molecule has 0 saturated heterocycles. The van der Waals surface area contributed by atoms with Gasteiger partial charge in [-0.05, 0) is 18.2 Å². The van der Waals surface area contributed by atoms with Gasteiger partial charge in [0.1, 0.15) is 6.73 Å². The number of Topliss-reactive ketones (excluding diaryl/α,β-unsaturated/α-hetero) is 1. The van der Waals surface area contributed by atoms with E-state index in [1.165, 1.54) is 18.2 Å². The number of benzene rings is 1. The largest absolute Gasteiger partial charge is 0.376 e. The molecule has 72 valence electrons. The van der Waals surface area contributed by atoms with Crippen molar-refractivity contribution in [1.29, 1.82) is 0 Å². The van der Waals surface area contributed by atoms with Gasteiger partial charge < -0.3 is 5.11 Å². The van der Waals surface area contributed by atoms with Crippen molar-refractivity contribution in [2.75, 3.05) is 11.6 Å². The highest BCUT2D eigenvalue weighted by atomic mass is 35.5. The summed E-state index contributed by atoms with van der Waals surface area (Å²) in [6, 6.07) is 4.50. The van der Waals surface area contributed by atoms with Gasteiger partial charge in [-0.2, -0.15) is 0 Å². The van der Waals surface area contributed by atoms with Crippen LogP contribution in [-0.4, -0.2) is 23.5 Å². The van der Waals surface area contributed by atoms with E-state index in [1.54, 1.807) is 0 Å². The smallest absolute Gasteiger partial charge is 0.301 e. The Bertz CT molecular complexity index is 430. The minimum absolute atomic E-state index is 0.286. The molecule has 0 saturated carbocycles. The number of anilines is 1. The van der Waals surface area contributed by atoms with Crippen LogP contribution in [-0.2, 0) is 4.79 Å². The molecule has 0 atom stereocenters. The number of hydrogen-bond donors (Lipinski definition) is 1. The van der Waals surface area contributed by atoms with Gasteiger partial charge in [-0.1, -0.05) is 11.6 Å². The SMILES string of the molecule is O=C1C(=O)N(CO)c2cc(Cl)ccc21. The monoisotopic (exact) mass is 211 g/mol. The summed E-state index contributed by atoms with van der Waals surface area (Å²) in [5.41, 5.74) is 0.656. The second-order valence-electron chi connectivity index (χ2n) is 2.87. The number of amides is 1. The van der Waals surface area contributed by atoms with Crippen molar-refractivity contribution in [2.45, 2.75) is 0 Å². The molecule has 0 bridgehead atoms. The van der Waals surface area contributed by atoms with Crippen molar-refractivity contribution in [3.63, 3.8) is 0 Å². The molecule has 1 aliphatic rings. The molecule has 1 aromatic carbocycles. The summed E-state index contributed by atoms with van der Waals surface area (Å²) < 4.78 is 0. The van der Waals surface area contributed by atoms with Gasteiger partial charge in [0.15, 0.2) is 0 Å². The summed E-state index contributed by atoms with van der Waals surface area (Å²) in [4.78, 5) is 23.6. The Hall–Kier alpha value is -1.39. The van der Waals surface area contributed by atoms with Crippen LogP contribution in [0.15, 0.2) is 18.2 Å². The highest BCUT2D eigenvalue weighted by molar-refractivity contribution is 6.52. The average molecular weight is 212 g/mol. The second kappa shape index (κ2) is 3.08. The first-order chi connectivity index (χ1) is 6.65. The highest BCUT2D eigenvalue weighted by Gasteiger charge is 2.35. The van der Waals surface area contributed by atoms with E-state index in [0.717, 1.165) is 4.90 Å². The van der Waals surface area contributed by atoms with Crippen molar-refractivity contribution in [3.8, 4) is 0 Å². The normalized spacial score (nSPS) is 14.9. The third-order valence-electron chi connectivity index (χ3n) is 2.08. The van der Waals surface area contributed by atoms with E-state index in [2.05, 4.69) is 0 Å². The number of aliphatic hydroxyl groups excluding tert-OH is 1. The zero-order chi connectivity index (χ0) is 10.3. The molecule has 0 aromatic heterocycles. The lowest BCUT2D eigenvalue weighted by Gasteiger charge is -2.11. The molecular formula is C9H6ClNO3. The van der Waals surface area contributed by atoms with Crippen LogP contribution in [0.3, 0.4) is 0 Å². The van der Waals surface area contributed by atoms with Crippen LogP contribution in [0.25, 0.3) is 0 Å². The Labute approximate surface area is 84.7 Å². The number of halogens is 1. The molecule has 0 radical (unpaired) electrons. The van der Waals surface area contributed by atoms with Gasteiger partial charge >= 0.3 is 5.91 Å². The van der Waals surface area contributed by atoms with Gasteiger partial charge in [-0.3, -0.25) is 14.5 Å². The minimum atomic E-state index is -0.718. The number of nitrogens with zero attached hydrogens (tertiary/aromatic N) is 1. The highest BCUT2D eigenvalue weighted by Crippen LogP contribution is 2.30. The predicted octanol–water partition coefficient (Wildman–Crippen LogP) is 0.819. The second-order valence-corrected chi connectivity index (χ2v) is 3.30. The zero-order valence-electron chi connectivity index (χ0n) is 7.03. The average Bonchev–Trinajstić information content (AvgIpc) is 2.39. The number of fused-ring (bicyclic) bond motifs is 1. The fourth-order valence-electron chi connectivity index (χ4n) is 1.41. The number of rotatable bonds is 1. The number of carbonyl (C=O) groups is 2. The summed E-state index contributed by atoms with van der Waals surface area (Å²) in [5.74, 6) is -1.32. The topological polar surface area (TPSA) is 57.6 Å². The third kappa shape index (κ3) is 1.12. The molecule has 1 aromatic rings. The zero-order valence-corrected chi connectivity index (χ0v) is 7.78. The van der Waals surface area contributed by atoms with Crippen molar-refractivity contribution in [2.24, 2.45) is 0 Å². The Balaban J connectivity index is 2.62. The fourth-order valence-corrected chi connectivity index (χ4v) is 1.57. The molecule has 0 aliphatic carbocycles. The maximum Gasteiger partial charge on any atom is 0.301 e. The van der Waals surface area contributed by atoms with E-state index < -0.39 is 18.4 Å².